The highest BCUT2D eigenvalue weighted by Gasteiger charge is 2.14. The maximum Gasteiger partial charge on any atom is 0.129 e. The lowest BCUT2D eigenvalue weighted by Gasteiger charge is -2.13. The average molecular weight is 262 g/mol. The van der Waals surface area contributed by atoms with Gasteiger partial charge in [-0.3, -0.25) is 0 Å². The van der Waals surface area contributed by atoms with Crippen LogP contribution in [0.2, 0.25) is 0 Å². The van der Waals surface area contributed by atoms with Crippen LogP contribution < -0.4 is 0 Å². The number of aliphatic hydroxyl groups excluding tert-OH is 1. The summed E-state index contributed by atoms with van der Waals surface area (Å²) in [5, 5.41) is 10.00. The highest BCUT2D eigenvalue weighted by Crippen LogP contribution is 2.17. The van der Waals surface area contributed by atoms with Gasteiger partial charge in [-0.2, -0.15) is 0 Å². The molecule has 19 heavy (non-hydrogen) atoms. The van der Waals surface area contributed by atoms with Gasteiger partial charge in [0.15, 0.2) is 0 Å². The number of benzene rings is 2. The van der Waals surface area contributed by atoms with Gasteiger partial charge < -0.3 is 5.11 Å². The van der Waals surface area contributed by atoms with Crippen LogP contribution >= 0.6 is 0 Å². The molecule has 0 aromatic heterocycles. The summed E-state index contributed by atoms with van der Waals surface area (Å²) in [6.07, 6.45) is -0.430. The predicted octanol–water partition coefficient (Wildman–Crippen LogP) is 3.42. The van der Waals surface area contributed by atoms with Crippen LogP contribution in [0, 0.1) is 18.6 Å². The fourth-order valence-corrected chi connectivity index (χ4v) is 2.13. The van der Waals surface area contributed by atoms with Gasteiger partial charge in [0.1, 0.15) is 11.6 Å². The molecule has 2 rings (SSSR count). The van der Waals surface area contributed by atoms with Gasteiger partial charge in [0.05, 0.1) is 6.10 Å². The molecule has 0 bridgehead atoms. The zero-order chi connectivity index (χ0) is 13.8. The second-order valence-corrected chi connectivity index (χ2v) is 4.69. The van der Waals surface area contributed by atoms with Gasteiger partial charge in [-0.15, -0.1) is 0 Å². The molecular weight excluding hydrogens is 246 g/mol. The third-order valence-corrected chi connectivity index (χ3v) is 3.22. The number of aryl methyl sites for hydroxylation is 1. The zero-order valence-electron chi connectivity index (χ0n) is 10.7. The van der Waals surface area contributed by atoms with Gasteiger partial charge in [0, 0.05) is 12.0 Å². The molecule has 1 unspecified atom stereocenters. The summed E-state index contributed by atoms with van der Waals surface area (Å²) in [5.74, 6) is -1.22. The summed E-state index contributed by atoms with van der Waals surface area (Å²) < 4.78 is 27.0. The van der Waals surface area contributed by atoms with E-state index in [-0.39, 0.29) is 12.0 Å². The molecule has 0 heterocycles. The van der Waals surface area contributed by atoms with E-state index in [4.69, 9.17) is 0 Å². The molecular formula is C16H16F2O. The van der Waals surface area contributed by atoms with E-state index in [1.165, 1.54) is 18.2 Å². The Morgan fingerprint density at radius 2 is 1.58 bits per heavy atom. The Hall–Kier alpha value is -1.74. The topological polar surface area (TPSA) is 20.2 Å². The van der Waals surface area contributed by atoms with Gasteiger partial charge in [-0.05, 0) is 36.6 Å². The first kappa shape index (κ1) is 13.7. The molecule has 0 aliphatic heterocycles. The highest BCUT2D eigenvalue weighted by molar-refractivity contribution is 5.27. The van der Waals surface area contributed by atoms with Crippen molar-refractivity contribution in [1.29, 1.82) is 0 Å². The monoisotopic (exact) mass is 262 g/mol. The third kappa shape index (κ3) is 3.38. The normalized spacial score (nSPS) is 12.4. The summed E-state index contributed by atoms with van der Waals surface area (Å²) in [7, 11) is 0. The smallest absolute Gasteiger partial charge is 0.129 e. The molecule has 0 amide bonds. The minimum atomic E-state index is -0.799. The van der Waals surface area contributed by atoms with Gasteiger partial charge in [0.2, 0.25) is 0 Å². The summed E-state index contributed by atoms with van der Waals surface area (Å²) in [5.41, 5.74) is 2.01. The zero-order valence-corrected chi connectivity index (χ0v) is 10.7. The van der Waals surface area contributed by atoms with Crippen molar-refractivity contribution in [2.45, 2.75) is 25.9 Å². The second kappa shape index (κ2) is 5.93. The Morgan fingerprint density at radius 3 is 2.21 bits per heavy atom. The Kier molecular flexibility index (Phi) is 4.27. The van der Waals surface area contributed by atoms with Crippen molar-refractivity contribution in [1.82, 2.24) is 0 Å². The van der Waals surface area contributed by atoms with Gasteiger partial charge in [0.25, 0.3) is 0 Å². The van der Waals surface area contributed by atoms with Crippen molar-refractivity contribution < 1.29 is 13.9 Å². The number of halogens is 2. The lowest BCUT2D eigenvalue weighted by molar-refractivity contribution is 0.172. The maximum atomic E-state index is 13.5. The SMILES string of the molecule is Cc1ccccc1CC(O)Cc1c(F)cccc1F. The first-order chi connectivity index (χ1) is 9.08. The maximum absolute atomic E-state index is 13.5. The van der Waals surface area contributed by atoms with Crippen molar-refractivity contribution in [3.05, 3.63) is 70.8 Å². The van der Waals surface area contributed by atoms with E-state index >= 15 is 0 Å². The molecule has 0 saturated carbocycles. The van der Waals surface area contributed by atoms with Crippen molar-refractivity contribution in [2.75, 3.05) is 0 Å². The third-order valence-electron chi connectivity index (χ3n) is 3.22. The van der Waals surface area contributed by atoms with E-state index in [1.54, 1.807) is 0 Å². The number of aliphatic hydroxyl groups is 1. The number of rotatable bonds is 4. The summed E-state index contributed by atoms with van der Waals surface area (Å²) in [6, 6.07) is 11.4. The molecule has 0 aliphatic rings. The van der Waals surface area contributed by atoms with E-state index in [1.807, 2.05) is 31.2 Å². The van der Waals surface area contributed by atoms with Crippen LogP contribution in [0.4, 0.5) is 8.78 Å². The number of hydrogen-bond donors (Lipinski definition) is 1. The van der Waals surface area contributed by atoms with Crippen molar-refractivity contribution in [2.24, 2.45) is 0 Å². The Labute approximate surface area is 111 Å². The van der Waals surface area contributed by atoms with E-state index in [0.29, 0.717) is 6.42 Å². The Bertz CT molecular complexity index is 546. The lowest BCUT2D eigenvalue weighted by Crippen LogP contribution is -2.16. The number of hydrogen-bond acceptors (Lipinski definition) is 1. The average Bonchev–Trinajstić information content (AvgIpc) is 2.37. The van der Waals surface area contributed by atoms with Gasteiger partial charge in [-0.25, -0.2) is 8.78 Å². The van der Waals surface area contributed by atoms with Crippen LogP contribution in [0.5, 0.6) is 0 Å². The minimum absolute atomic E-state index is 0.0210. The van der Waals surface area contributed by atoms with Gasteiger partial charge in [-0.1, -0.05) is 30.3 Å². The predicted molar refractivity (Wildman–Crippen MR) is 71.0 cm³/mol. The Morgan fingerprint density at radius 1 is 0.947 bits per heavy atom. The van der Waals surface area contributed by atoms with Crippen LogP contribution in [0.15, 0.2) is 42.5 Å². The molecule has 1 N–H and O–H groups in total. The van der Waals surface area contributed by atoms with E-state index in [0.717, 1.165) is 11.1 Å². The van der Waals surface area contributed by atoms with Crippen molar-refractivity contribution in [3.8, 4) is 0 Å². The van der Waals surface area contributed by atoms with Crippen LogP contribution in [-0.2, 0) is 12.8 Å². The first-order valence-electron chi connectivity index (χ1n) is 6.23. The molecule has 2 aromatic carbocycles. The summed E-state index contributed by atoms with van der Waals surface area (Å²) >= 11 is 0. The molecule has 100 valence electrons. The molecule has 1 nitrogen and oxygen atoms in total. The molecule has 0 aliphatic carbocycles. The minimum Gasteiger partial charge on any atom is -0.392 e. The van der Waals surface area contributed by atoms with Crippen LogP contribution in [-0.4, -0.2) is 11.2 Å². The molecule has 2 aromatic rings. The summed E-state index contributed by atoms with van der Waals surface area (Å²) in [6.45, 7) is 1.95. The van der Waals surface area contributed by atoms with E-state index in [9.17, 15) is 13.9 Å². The standard InChI is InChI=1S/C16H16F2O/c1-11-5-2-3-6-12(11)9-13(19)10-14-15(17)7-4-8-16(14)18/h2-8,13,19H,9-10H2,1H3. The molecule has 1 atom stereocenters. The largest absolute Gasteiger partial charge is 0.392 e. The van der Waals surface area contributed by atoms with Crippen molar-refractivity contribution in [3.63, 3.8) is 0 Å². The highest BCUT2D eigenvalue weighted by atomic mass is 19.1. The fourth-order valence-electron chi connectivity index (χ4n) is 2.13. The quantitative estimate of drug-likeness (QED) is 0.895. The second-order valence-electron chi connectivity index (χ2n) is 4.69. The molecule has 0 saturated heterocycles. The lowest BCUT2D eigenvalue weighted by atomic mass is 9.98. The molecule has 0 radical (unpaired) electrons. The van der Waals surface area contributed by atoms with E-state index < -0.39 is 17.7 Å². The first-order valence-corrected chi connectivity index (χ1v) is 6.23. The fraction of sp³-hybridized carbons (Fsp3) is 0.250. The van der Waals surface area contributed by atoms with E-state index in [2.05, 4.69) is 0 Å². The molecule has 3 heteroatoms. The summed E-state index contributed by atoms with van der Waals surface area (Å²) in [4.78, 5) is 0. The molecule has 0 spiro atoms. The van der Waals surface area contributed by atoms with Crippen molar-refractivity contribution >= 4 is 0 Å². The molecule has 0 fully saturated rings. The van der Waals surface area contributed by atoms with Crippen LogP contribution in [0.1, 0.15) is 16.7 Å². The Balaban J connectivity index is 2.10. The van der Waals surface area contributed by atoms with Crippen LogP contribution in [0.3, 0.4) is 0 Å². The van der Waals surface area contributed by atoms with Gasteiger partial charge >= 0.3 is 0 Å². The van der Waals surface area contributed by atoms with Crippen LogP contribution in [0.25, 0.3) is 0 Å².